The Kier molecular flexibility index (Phi) is 6.55. The second kappa shape index (κ2) is 9.54. The van der Waals surface area contributed by atoms with E-state index in [1.54, 1.807) is 31.2 Å². The van der Waals surface area contributed by atoms with Crippen molar-refractivity contribution in [3.8, 4) is 11.3 Å². The summed E-state index contributed by atoms with van der Waals surface area (Å²) < 4.78 is 0. The van der Waals surface area contributed by atoms with E-state index in [0.29, 0.717) is 10.7 Å². The minimum absolute atomic E-state index is 0.381. The van der Waals surface area contributed by atoms with E-state index >= 15 is 0 Å². The van der Waals surface area contributed by atoms with Gasteiger partial charge in [-0.05, 0) is 30.9 Å². The van der Waals surface area contributed by atoms with Crippen molar-refractivity contribution in [2.45, 2.75) is 38.6 Å². The van der Waals surface area contributed by atoms with Crippen molar-refractivity contribution >= 4 is 34.3 Å². The lowest BCUT2D eigenvalue weighted by molar-refractivity contribution is -0.133. The minimum Gasteiger partial charge on any atom is -0.319 e. The van der Waals surface area contributed by atoms with Crippen LogP contribution in [0.3, 0.4) is 0 Å². The summed E-state index contributed by atoms with van der Waals surface area (Å²) in [5, 5.41) is 7.70. The highest BCUT2D eigenvalue weighted by Crippen LogP contribution is 2.29. The molecule has 1 fully saturated rings. The van der Waals surface area contributed by atoms with Gasteiger partial charge < -0.3 is 10.6 Å². The van der Waals surface area contributed by atoms with Crippen LogP contribution in [0.15, 0.2) is 60.0 Å². The van der Waals surface area contributed by atoms with E-state index < -0.39 is 23.4 Å². The Bertz CT molecular complexity index is 1160. The Morgan fingerprint density at radius 1 is 1.12 bits per heavy atom. The number of amides is 4. The van der Waals surface area contributed by atoms with Crippen LogP contribution in [0.4, 0.5) is 9.93 Å². The summed E-state index contributed by atoms with van der Waals surface area (Å²) in [5.41, 5.74) is 2.50. The number of aryl methyl sites for hydroxylation is 1. The van der Waals surface area contributed by atoms with Gasteiger partial charge in [-0.25, -0.2) is 9.78 Å². The Balaban J connectivity index is 1.39. The van der Waals surface area contributed by atoms with Gasteiger partial charge in [0.1, 0.15) is 12.1 Å². The quantitative estimate of drug-likeness (QED) is 0.480. The molecule has 0 spiro atoms. The van der Waals surface area contributed by atoms with Crippen molar-refractivity contribution in [1.29, 1.82) is 0 Å². The van der Waals surface area contributed by atoms with Crippen LogP contribution in [0, 0.1) is 0 Å². The number of anilines is 1. The Morgan fingerprint density at radius 3 is 2.55 bits per heavy atom. The maximum atomic E-state index is 13.0. The maximum Gasteiger partial charge on any atom is 0.325 e. The molecule has 1 unspecified atom stereocenters. The molecule has 3 aromatic rings. The number of urea groups is 1. The first-order valence-electron chi connectivity index (χ1n) is 10.9. The predicted molar refractivity (Wildman–Crippen MR) is 129 cm³/mol. The minimum atomic E-state index is -1.20. The number of nitrogens with zero attached hydrogens (tertiary/aromatic N) is 2. The van der Waals surface area contributed by atoms with Gasteiger partial charge in [-0.2, -0.15) is 0 Å². The highest BCUT2D eigenvalue weighted by molar-refractivity contribution is 7.14. The summed E-state index contributed by atoms with van der Waals surface area (Å²) in [7, 11) is 0. The van der Waals surface area contributed by atoms with Gasteiger partial charge in [0.15, 0.2) is 5.13 Å². The van der Waals surface area contributed by atoms with Crippen LogP contribution in [0.2, 0.25) is 0 Å². The second-order valence-corrected chi connectivity index (χ2v) is 9.06. The highest BCUT2D eigenvalue weighted by atomic mass is 32.1. The SMILES string of the molecule is CCCCc1ccc(-c2csc(NC(=O)CN3C(=O)NC(C)(c4ccccc4)C3=O)n2)cc1. The lowest BCUT2D eigenvalue weighted by atomic mass is 9.92. The van der Waals surface area contributed by atoms with E-state index in [4.69, 9.17) is 0 Å². The molecule has 4 amide bonds. The lowest BCUT2D eigenvalue weighted by Gasteiger charge is -2.21. The number of carbonyl (C=O) groups is 3. The summed E-state index contributed by atoms with van der Waals surface area (Å²) in [6.45, 7) is 3.43. The van der Waals surface area contributed by atoms with Gasteiger partial charge in [0, 0.05) is 10.9 Å². The summed E-state index contributed by atoms with van der Waals surface area (Å²) >= 11 is 1.30. The molecule has 33 heavy (non-hydrogen) atoms. The van der Waals surface area contributed by atoms with E-state index in [-0.39, 0.29) is 6.54 Å². The number of thiazole rings is 1. The molecule has 4 rings (SSSR count). The number of carbonyl (C=O) groups excluding carboxylic acids is 3. The molecule has 1 aliphatic heterocycles. The van der Waals surface area contributed by atoms with Gasteiger partial charge in [0.2, 0.25) is 5.91 Å². The average molecular weight is 463 g/mol. The van der Waals surface area contributed by atoms with Gasteiger partial charge in [-0.15, -0.1) is 11.3 Å². The Morgan fingerprint density at radius 2 is 1.85 bits per heavy atom. The van der Waals surface area contributed by atoms with E-state index in [1.807, 2.05) is 23.6 Å². The molecule has 2 N–H and O–H groups in total. The van der Waals surface area contributed by atoms with Gasteiger partial charge in [0.25, 0.3) is 5.91 Å². The number of hydrogen-bond acceptors (Lipinski definition) is 5. The number of hydrogen-bond donors (Lipinski definition) is 2. The molecule has 7 nitrogen and oxygen atoms in total. The molecule has 0 bridgehead atoms. The predicted octanol–water partition coefficient (Wildman–Crippen LogP) is 4.56. The molecule has 1 saturated heterocycles. The first-order valence-corrected chi connectivity index (χ1v) is 11.8. The summed E-state index contributed by atoms with van der Waals surface area (Å²) in [5.74, 6) is -0.941. The zero-order valence-corrected chi connectivity index (χ0v) is 19.4. The van der Waals surface area contributed by atoms with Crippen molar-refractivity contribution in [2.24, 2.45) is 0 Å². The first kappa shape index (κ1) is 22.7. The molecule has 1 aliphatic rings. The summed E-state index contributed by atoms with van der Waals surface area (Å²) in [6.07, 6.45) is 3.38. The molecular weight excluding hydrogens is 436 g/mol. The van der Waals surface area contributed by atoms with Gasteiger partial charge in [-0.3, -0.25) is 14.5 Å². The molecular formula is C25H26N4O3S. The van der Waals surface area contributed by atoms with E-state index in [1.165, 1.54) is 16.9 Å². The first-order chi connectivity index (χ1) is 15.9. The second-order valence-electron chi connectivity index (χ2n) is 8.20. The fourth-order valence-corrected chi connectivity index (χ4v) is 4.53. The monoisotopic (exact) mass is 462 g/mol. The number of rotatable bonds is 8. The molecule has 170 valence electrons. The van der Waals surface area contributed by atoms with Crippen LogP contribution < -0.4 is 10.6 Å². The number of nitrogens with one attached hydrogen (secondary N) is 2. The number of unbranched alkanes of at least 4 members (excludes halogenated alkanes) is 1. The molecule has 1 aromatic heterocycles. The fraction of sp³-hybridized carbons (Fsp3) is 0.280. The third-order valence-corrected chi connectivity index (χ3v) is 6.50. The summed E-state index contributed by atoms with van der Waals surface area (Å²) in [4.78, 5) is 43.4. The van der Waals surface area contributed by atoms with Gasteiger partial charge in [-0.1, -0.05) is 67.9 Å². The zero-order chi connectivity index (χ0) is 23.4. The Labute approximate surface area is 196 Å². The van der Waals surface area contributed by atoms with Gasteiger partial charge >= 0.3 is 6.03 Å². The lowest BCUT2D eigenvalue weighted by Crippen LogP contribution is -2.42. The third-order valence-electron chi connectivity index (χ3n) is 5.75. The van der Waals surface area contributed by atoms with E-state index in [2.05, 4.69) is 34.7 Å². The maximum absolute atomic E-state index is 13.0. The third kappa shape index (κ3) is 4.80. The fourth-order valence-electron chi connectivity index (χ4n) is 3.80. The van der Waals surface area contributed by atoms with Crippen LogP contribution in [0.1, 0.15) is 37.8 Å². The molecule has 0 saturated carbocycles. The highest BCUT2D eigenvalue weighted by Gasteiger charge is 2.49. The molecule has 2 heterocycles. The van der Waals surface area contributed by atoms with Crippen molar-refractivity contribution in [3.05, 3.63) is 71.1 Å². The van der Waals surface area contributed by atoms with Crippen molar-refractivity contribution in [3.63, 3.8) is 0 Å². The van der Waals surface area contributed by atoms with Crippen LogP contribution >= 0.6 is 11.3 Å². The number of aromatic nitrogens is 1. The average Bonchev–Trinajstić information content (AvgIpc) is 3.37. The number of benzene rings is 2. The zero-order valence-electron chi connectivity index (χ0n) is 18.6. The molecule has 0 aliphatic carbocycles. The van der Waals surface area contributed by atoms with E-state index in [0.717, 1.165) is 35.4 Å². The summed E-state index contributed by atoms with van der Waals surface area (Å²) in [6, 6.07) is 16.7. The number of imide groups is 1. The Hall–Kier alpha value is -3.52. The molecule has 0 radical (unpaired) electrons. The standard InChI is InChI=1S/C25H26N4O3S/c1-3-4-8-17-11-13-18(14-12-17)20-16-33-23(26-20)27-21(30)15-29-22(31)25(2,28-24(29)32)19-9-6-5-7-10-19/h5-7,9-14,16H,3-4,8,15H2,1-2H3,(H,28,32)(H,26,27,30). The van der Waals surface area contributed by atoms with E-state index in [9.17, 15) is 14.4 Å². The van der Waals surface area contributed by atoms with Crippen molar-refractivity contribution in [2.75, 3.05) is 11.9 Å². The van der Waals surface area contributed by atoms with Crippen LogP contribution in [-0.2, 0) is 21.5 Å². The van der Waals surface area contributed by atoms with Crippen LogP contribution in [0.25, 0.3) is 11.3 Å². The van der Waals surface area contributed by atoms with Crippen molar-refractivity contribution < 1.29 is 14.4 Å². The smallest absolute Gasteiger partial charge is 0.319 e. The van der Waals surface area contributed by atoms with Crippen LogP contribution in [0.5, 0.6) is 0 Å². The largest absolute Gasteiger partial charge is 0.325 e. The topological polar surface area (TPSA) is 91.4 Å². The van der Waals surface area contributed by atoms with Gasteiger partial charge in [0.05, 0.1) is 5.69 Å². The molecule has 8 heteroatoms. The van der Waals surface area contributed by atoms with Crippen molar-refractivity contribution in [1.82, 2.24) is 15.2 Å². The molecule has 1 atom stereocenters. The normalized spacial score (nSPS) is 17.8. The van der Waals surface area contributed by atoms with Crippen LogP contribution in [-0.4, -0.2) is 34.3 Å². The molecule has 2 aromatic carbocycles.